The normalized spacial score (nSPS) is 22.4. The molecule has 0 aliphatic carbocycles. The van der Waals surface area contributed by atoms with Gasteiger partial charge in [0.15, 0.2) is 0 Å². The van der Waals surface area contributed by atoms with E-state index in [0.29, 0.717) is 5.92 Å². The molecule has 0 aromatic heterocycles. The molecule has 0 radical (unpaired) electrons. The van der Waals surface area contributed by atoms with Crippen LogP contribution in [0.5, 0.6) is 5.75 Å². The molecular formula is C24H33ClN2O. The summed E-state index contributed by atoms with van der Waals surface area (Å²) in [6.07, 6.45) is 3.42. The quantitative estimate of drug-likeness (QED) is 0.720. The molecule has 2 aliphatic heterocycles. The zero-order valence-corrected chi connectivity index (χ0v) is 18.4. The Labute approximate surface area is 175 Å². The Hall–Kier alpha value is -1.71. The predicted molar refractivity (Wildman–Crippen MR) is 120 cm³/mol. The molecule has 1 saturated heterocycles. The number of ether oxygens (including phenoxy) is 1. The van der Waals surface area contributed by atoms with E-state index in [9.17, 15) is 0 Å². The van der Waals surface area contributed by atoms with Crippen molar-refractivity contribution in [3.8, 4) is 5.75 Å². The average molecular weight is 401 g/mol. The van der Waals surface area contributed by atoms with Gasteiger partial charge in [-0.05, 0) is 81.8 Å². The Balaban J connectivity index is 0.00000225. The van der Waals surface area contributed by atoms with Crippen molar-refractivity contribution in [1.82, 2.24) is 4.90 Å². The van der Waals surface area contributed by atoms with E-state index in [1.54, 1.807) is 0 Å². The monoisotopic (exact) mass is 400 g/mol. The third kappa shape index (κ3) is 3.75. The number of fused-ring (bicyclic) bond motifs is 1. The number of benzene rings is 2. The lowest BCUT2D eigenvalue weighted by atomic mass is 9.88. The lowest BCUT2D eigenvalue weighted by molar-refractivity contribution is 0.0523. The molecule has 3 nitrogen and oxygen atoms in total. The number of nitrogen functional groups attached to an aromatic ring is 1. The summed E-state index contributed by atoms with van der Waals surface area (Å²) in [5.74, 6) is 1.78. The summed E-state index contributed by atoms with van der Waals surface area (Å²) in [7, 11) is 0. The first kappa shape index (κ1) is 21.0. The van der Waals surface area contributed by atoms with Gasteiger partial charge in [-0.1, -0.05) is 30.3 Å². The molecule has 1 fully saturated rings. The lowest BCUT2D eigenvalue weighted by Crippen LogP contribution is -2.47. The number of hydrogen-bond donors (Lipinski definition) is 1. The molecule has 28 heavy (non-hydrogen) atoms. The topological polar surface area (TPSA) is 38.5 Å². The standard InChI is InChI=1S/C24H32N2O.ClH/c1-16-17(2)23-21(18(3)22(16)25)14-24(4,27-23)15-26-12-10-20(11-13-26)19-8-6-5-7-9-19;/h5-9,20H,10-15,25H2,1-4H3;1H/t24-;/m0./s1. The number of hydrogen-bond acceptors (Lipinski definition) is 3. The van der Waals surface area contributed by atoms with Crippen LogP contribution in [0.1, 0.15) is 53.5 Å². The number of rotatable bonds is 3. The lowest BCUT2D eigenvalue weighted by Gasteiger charge is -2.37. The van der Waals surface area contributed by atoms with Crippen molar-refractivity contribution in [2.24, 2.45) is 0 Å². The summed E-state index contributed by atoms with van der Waals surface area (Å²) >= 11 is 0. The summed E-state index contributed by atoms with van der Waals surface area (Å²) in [6, 6.07) is 11.0. The molecule has 152 valence electrons. The van der Waals surface area contributed by atoms with Gasteiger partial charge in [-0.15, -0.1) is 12.4 Å². The van der Waals surface area contributed by atoms with Gasteiger partial charge in [0.1, 0.15) is 11.4 Å². The number of anilines is 1. The second kappa shape index (κ2) is 7.96. The van der Waals surface area contributed by atoms with Crippen molar-refractivity contribution in [2.75, 3.05) is 25.4 Å². The Morgan fingerprint density at radius 1 is 1.04 bits per heavy atom. The zero-order chi connectivity index (χ0) is 19.2. The first-order chi connectivity index (χ1) is 12.9. The minimum absolute atomic E-state index is 0. The second-order valence-corrected chi connectivity index (χ2v) is 8.79. The molecule has 2 heterocycles. The van der Waals surface area contributed by atoms with E-state index < -0.39 is 0 Å². The van der Waals surface area contributed by atoms with E-state index in [1.165, 1.54) is 40.7 Å². The van der Waals surface area contributed by atoms with E-state index in [2.05, 4.69) is 62.9 Å². The summed E-state index contributed by atoms with van der Waals surface area (Å²) in [5.41, 5.74) is 13.5. The van der Waals surface area contributed by atoms with Crippen LogP contribution in [0.3, 0.4) is 0 Å². The maximum Gasteiger partial charge on any atom is 0.127 e. The van der Waals surface area contributed by atoms with Crippen molar-refractivity contribution < 1.29 is 4.74 Å². The smallest absolute Gasteiger partial charge is 0.127 e. The van der Waals surface area contributed by atoms with Crippen LogP contribution in [-0.2, 0) is 6.42 Å². The van der Waals surface area contributed by atoms with Gasteiger partial charge in [-0.25, -0.2) is 0 Å². The second-order valence-electron chi connectivity index (χ2n) is 8.79. The maximum absolute atomic E-state index is 6.56. The fourth-order valence-corrected chi connectivity index (χ4v) is 4.93. The Bertz CT molecular complexity index is 805. The molecule has 2 aliphatic rings. The Morgan fingerprint density at radius 3 is 2.32 bits per heavy atom. The summed E-state index contributed by atoms with van der Waals surface area (Å²) in [4.78, 5) is 2.59. The van der Waals surface area contributed by atoms with E-state index in [0.717, 1.165) is 37.5 Å². The molecular weight excluding hydrogens is 368 g/mol. The summed E-state index contributed by atoms with van der Waals surface area (Å²) in [6.45, 7) is 11.9. The molecule has 0 amide bonds. The van der Waals surface area contributed by atoms with Crippen LogP contribution in [0, 0.1) is 20.8 Å². The van der Waals surface area contributed by atoms with Crippen LogP contribution in [0.4, 0.5) is 5.69 Å². The number of halogens is 1. The van der Waals surface area contributed by atoms with Gasteiger partial charge in [0, 0.05) is 24.2 Å². The largest absolute Gasteiger partial charge is 0.485 e. The van der Waals surface area contributed by atoms with Crippen LogP contribution in [0.25, 0.3) is 0 Å². The van der Waals surface area contributed by atoms with Crippen LogP contribution >= 0.6 is 12.4 Å². The van der Waals surface area contributed by atoms with Crippen LogP contribution in [0.2, 0.25) is 0 Å². The molecule has 2 aromatic carbocycles. The summed E-state index contributed by atoms with van der Waals surface area (Å²) in [5, 5.41) is 0. The van der Waals surface area contributed by atoms with Crippen molar-refractivity contribution in [3.05, 3.63) is 58.1 Å². The number of nitrogens with two attached hydrogens (primary N) is 1. The first-order valence-electron chi connectivity index (χ1n) is 10.2. The maximum atomic E-state index is 6.56. The van der Waals surface area contributed by atoms with Crippen molar-refractivity contribution in [3.63, 3.8) is 0 Å². The number of piperidine rings is 1. The molecule has 0 unspecified atom stereocenters. The van der Waals surface area contributed by atoms with Gasteiger partial charge >= 0.3 is 0 Å². The predicted octanol–water partition coefficient (Wildman–Crippen LogP) is 5.19. The van der Waals surface area contributed by atoms with Crippen LogP contribution in [0.15, 0.2) is 30.3 Å². The van der Waals surface area contributed by atoms with E-state index in [-0.39, 0.29) is 18.0 Å². The van der Waals surface area contributed by atoms with Gasteiger partial charge in [0.25, 0.3) is 0 Å². The molecule has 4 rings (SSSR count). The number of likely N-dealkylation sites (tertiary alicyclic amines) is 1. The van der Waals surface area contributed by atoms with Gasteiger partial charge < -0.3 is 10.5 Å². The van der Waals surface area contributed by atoms with Gasteiger partial charge in [-0.3, -0.25) is 4.90 Å². The molecule has 4 heteroatoms. The van der Waals surface area contributed by atoms with E-state index in [1.807, 2.05) is 0 Å². The SMILES string of the molecule is Cc1c(C)c2c(c(C)c1N)C[C@@](C)(CN1CCC(c3ccccc3)CC1)O2.Cl. The zero-order valence-electron chi connectivity index (χ0n) is 17.5. The van der Waals surface area contributed by atoms with Gasteiger partial charge in [-0.2, -0.15) is 0 Å². The highest BCUT2D eigenvalue weighted by atomic mass is 35.5. The van der Waals surface area contributed by atoms with Crippen molar-refractivity contribution in [2.45, 2.75) is 58.5 Å². The van der Waals surface area contributed by atoms with Crippen LogP contribution < -0.4 is 10.5 Å². The average Bonchev–Trinajstić information content (AvgIpc) is 3.03. The number of nitrogens with zero attached hydrogens (tertiary/aromatic N) is 1. The minimum Gasteiger partial charge on any atom is -0.485 e. The Kier molecular flexibility index (Phi) is 5.97. The highest BCUT2D eigenvalue weighted by Crippen LogP contribution is 2.44. The van der Waals surface area contributed by atoms with Crippen molar-refractivity contribution in [1.29, 1.82) is 0 Å². The molecule has 2 aromatic rings. The fraction of sp³-hybridized carbons (Fsp3) is 0.500. The third-order valence-corrected chi connectivity index (χ3v) is 6.75. The fourth-order valence-electron chi connectivity index (χ4n) is 4.93. The highest BCUT2D eigenvalue weighted by molar-refractivity contribution is 5.85. The first-order valence-corrected chi connectivity index (χ1v) is 10.2. The summed E-state index contributed by atoms with van der Waals surface area (Å²) < 4.78 is 6.56. The molecule has 1 atom stereocenters. The minimum atomic E-state index is -0.155. The highest BCUT2D eigenvalue weighted by Gasteiger charge is 2.39. The molecule has 0 bridgehead atoms. The van der Waals surface area contributed by atoms with Gasteiger partial charge in [0.05, 0.1) is 0 Å². The van der Waals surface area contributed by atoms with E-state index >= 15 is 0 Å². The van der Waals surface area contributed by atoms with E-state index in [4.69, 9.17) is 10.5 Å². The third-order valence-electron chi connectivity index (χ3n) is 6.75. The molecule has 2 N–H and O–H groups in total. The molecule has 0 spiro atoms. The van der Waals surface area contributed by atoms with Crippen LogP contribution in [-0.4, -0.2) is 30.1 Å². The molecule has 0 saturated carbocycles. The van der Waals surface area contributed by atoms with Gasteiger partial charge in [0.2, 0.25) is 0 Å². The van der Waals surface area contributed by atoms with Crippen molar-refractivity contribution >= 4 is 18.1 Å². The Morgan fingerprint density at radius 2 is 1.68 bits per heavy atom.